The normalized spacial score (nSPS) is 20.2. The monoisotopic (exact) mass is 329 g/mol. The van der Waals surface area contributed by atoms with E-state index in [2.05, 4.69) is 0 Å². The lowest BCUT2D eigenvalue weighted by Crippen LogP contribution is -2.45. The molecule has 1 heterocycles. The van der Waals surface area contributed by atoms with Crippen LogP contribution in [0.2, 0.25) is 0 Å². The molecular formula is C14H19NO4S2. The third-order valence-corrected chi connectivity index (χ3v) is 6.63. The van der Waals surface area contributed by atoms with Crippen molar-refractivity contribution in [1.29, 1.82) is 0 Å². The second kappa shape index (κ2) is 6.37. The third kappa shape index (κ3) is 3.41. The molecule has 7 heteroatoms. The summed E-state index contributed by atoms with van der Waals surface area (Å²) in [5.74, 6) is 0.213. The number of methoxy groups -OCH3 is 1. The van der Waals surface area contributed by atoms with E-state index >= 15 is 0 Å². The predicted octanol–water partition coefficient (Wildman–Crippen LogP) is 1.58. The van der Waals surface area contributed by atoms with Gasteiger partial charge in [-0.05, 0) is 25.5 Å². The van der Waals surface area contributed by atoms with Crippen LogP contribution in [0.15, 0.2) is 23.1 Å². The summed E-state index contributed by atoms with van der Waals surface area (Å²) in [4.78, 5) is 11.9. The highest BCUT2D eigenvalue weighted by Crippen LogP contribution is 2.27. The summed E-state index contributed by atoms with van der Waals surface area (Å²) in [6.07, 6.45) is 0. The van der Waals surface area contributed by atoms with E-state index < -0.39 is 15.3 Å². The first-order chi connectivity index (χ1) is 9.86. The number of nitrogens with zero attached hydrogens (tertiary/aromatic N) is 1. The number of rotatable bonds is 3. The summed E-state index contributed by atoms with van der Waals surface area (Å²) in [5, 5.41) is -0.454. The number of benzene rings is 1. The van der Waals surface area contributed by atoms with Crippen LogP contribution >= 0.6 is 11.8 Å². The number of carbonyl (C=O) groups excluding carboxylic acids is 1. The number of hydrogen-bond acceptors (Lipinski definition) is 5. The van der Waals surface area contributed by atoms with Crippen molar-refractivity contribution < 1.29 is 17.9 Å². The van der Waals surface area contributed by atoms with E-state index in [0.29, 0.717) is 17.2 Å². The Bertz CT molecular complexity index is 642. The van der Waals surface area contributed by atoms with Gasteiger partial charge in [0, 0.05) is 18.8 Å². The Morgan fingerprint density at radius 3 is 2.71 bits per heavy atom. The van der Waals surface area contributed by atoms with E-state index in [-0.39, 0.29) is 12.5 Å². The maximum Gasteiger partial charge on any atom is 0.320 e. The van der Waals surface area contributed by atoms with Crippen LogP contribution in [-0.2, 0) is 19.6 Å². The lowest BCUT2D eigenvalue weighted by atomic mass is 10.2. The van der Waals surface area contributed by atoms with Crippen molar-refractivity contribution >= 4 is 27.8 Å². The van der Waals surface area contributed by atoms with Gasteiger partial charge in [-0.1, -0.05) is 17.7 Å². The highest BCUT2D eigenvalue weighted by Gasteiger charge is 2.34. The Balaban J connectivity index is 2.28. The summed E-state index contributed by atoms with van der Waals surface area (Å²) in [6.45, 7) is 4.28. The summed E-state index contributed by atoms with van der Waals surface area (Å²) in [5.41, 5.74) is 1.75. The fourth-order valence-electron chi connectivity index (χ4n) is 2.35. The van der Waals surface area contributed by atoms with Gasteiger partial charge < -0.3 is 4.74 Å². The highest BCUT2D eigenvalue weighted by atomic mass is 32.2. The average molecular weight is 329 g/mol. The van der Waals surface area contributed by atoms with Gasteiger partial charge >= 0.3 is 5.97 Å². The van der Waals surface area contributed by atoms with E-state index in [9.17, 15) is 13.2 Å². The van der Waals surface area contributed by atoms with Crippen molar-refractivity contribution in [1.82, 2.24) is 4.31 Å². The molecule has 0 unspecified atom stereocenters. The summed E-state index contributed by atoms with van der Waals surface area (Å²) in [6, 6.07) is 5.27. The predicted molar refractivity (Wildman–Crippen MR) is 82.9 cm³/mol. The maximum atomic E-state index is 12.7. The van der Waals surface area contributed by atoms with E-state index in [1.165, 1.54) is 23.2 Å². The van der Waals surface area contributed by atoms with E-state index in [4.69, 9.17) is 4.74 Å². The lowest BCUT2D eigenvalue weighted by molar-refractivity contribution is -0.140. The highest BCUT2D eigenvalue weighted by molar-refractivity contribution is 8.00. The molecular weight excluding hydrogens is 310 g/mol. The minimum absolute atomic E-state index is 0.160. The van der Waals surface area contributed by atoms with Gasteiger partial charge in [-0.3, -0.25) is 4.79 Å². The van der Waals surface area contributed by atoms with Gasteiger partial charge in [0.25, 0.3) is 0 Å². The van der Waals surface area contributed by atoms with Gasteiger partial charge in [-0.25, -0.2) is 8.42 Å². The first-order valence-corrected chi connectivity index (χ1v) is 9.12. The van der Waals surface area contributed by atoms with E-state index in [0.717, 1.165) is 11.1 Å². The number of ether oxygens (including phenoxy) is 1. The molecule has 0 amide bonds. The van der Waals surface area contributed by atoms with Gasteiger partial charge in [-0.2, -0.15) is 4.31 Å². The second-order valence-electron chi connectivity index (χ2n) is 5.01. The van der Waals surface area contributed by atoms with Crippen molar-refractivity contribution in [3.8, 4) is 0 Å². The van der Waals surface area contributed by atoms with Gasteiger partial charge in [-0.15, -0.1) is 11.8 Å². The van der Waals surface area contributed by atoms with Crippen LogP contribution in [0.5, 0.6) is 0 Å². The molecule has 1 aliphatic rings. The number of esters is 1. The molecule has 5 nitrogen and oxygen atoms in total. The minimum Gasteiger partial charge on any atom is -0.468 e. The van der Waals surface area contributed by atoms with Gasteiger partial charge in [0.05, 0.1) is 12.0 Å². The quantitative estimate of drug-likeness (QED) is 0.788. The average Bonchev–Trinajstić information content (AvgIpc) is 2.46. The standard InChI is InChI=1S/C14H19NO4S2/c1-10-4-5-13(11(2)8-10)21(17,18)15-6-7-20-12(9-15)14(16)19-3/h4-5,8,12H,6-7,9H2,1-3H3/t12-/m1/s1. The first kappa shape index (κ1) is 16.3. The molecule has 1 atom stereocenters. The zero-order valence-corrected chi connectivity index (χ0v) is 14.0. The molecule has 1 fully saturated rings. The number of sulfonamides is 1. The number of thioether (sulfide) groups is 1. The van der Waals surface area contributed by atoms with Crippen molar-refractivity contribution in [2.75, 3.05) is 26.0 Å². The maximum absolute atomic E-state index is 12.7. The molecule has 0 aromatic heterocycles. The van der Waals surface area contributed by atoms with E-state index in [1.54, 1.807) is 19.1 Å². The third-order valence-electron chi connectivity index (χ3n) is 3.44. The number of carbonyl (C=O) groups is 1. The summed E-state index contributed by atoms with van der Waals surface area (Å²) in [7, 11) is -2.25. The number of aryl methyl sites for hydroxylation is 2. The lowest BCUT2D eigenvalue weighted by Gasteiger charge is -2.30. The van der Waals surface area contributed by atoms with Crippen LogP contribution in [0, 0.1) is 13.8 Å². The molecule has 1 saturated heterocycles. The Hall–Kier alpha value is -1.05. The fourth-order valence-corrected chi connectivity index (χ4v) is 5.34. The van der Waals surface area contributed by atoms with E-state index in [1.807, 2.05) is 13.0 Å². The molecule has 116 valence electrons. The molecule has 0 spiro atoms. The largest absolute Gasteiger partial charge is 0.468 e. The molecule has 0 bridgehead atoms. The first-order valence-electron chi connectivity index (χ1n) is 6.63. The molecule has 1 aromatic carbocycles. The Kier molecular flexibility index (Phi) is 4.95. The molecule has 1 aromatic rings. The van der Waals surface area contributed by atoms with Crippen molar-refractivity contribution in [2.24, 2.45) is 0 Å². The van der Waals surface area contributed by atoms with Gasteiger partial charge in [0.1, 0.15) is 5.25 Å². The Labute approximate surface area is 129 Å². The molecule has 0 radical (unpaired) electrons. The molecule has 0 saturated carbocycles. The molecule has 0 aliphatic carbocycles. The number of hydrogen-bond donors (Lipinski definition) is 0. The van der Waals surface area contributed by atoms with Gasteiger partial charge in [0.2, 0.25) is 10.0 Å². The molecule has 21 heavy (non-hydrogen) atoms. The fraction of sp³-hybridized carbons (Fsp3) is 0.500. The second-order valence-corrected chi connectivity index (χ2v) is 8.23. The van der Waals surface area contributed by atoms with Crippen molar-refractivity contribution in [3.63, 3.8) is 0 Å². The van der Waals surface area contributed by atoms with Crippen LogP contribution in [0.25, 0.3) is 0 Å². The van der Waals surface area contributed by atoms with Crippen LogP contribution < -0.4 is 0 Å². The minimum atomic E-state index is -3.57. The molecule has 1 aliphatic heterocycles. The van der Waals surface area contributed by atoms with Crippen molar-refractivity contribution in [3.05, 3.63) is 29.3 Å². The zero-order valence-electron chi connectivity index (χ0n) is 12.3. The summed E-state index contributed by atoms with van der Waals surface area (Å²) >= 11 is 1.44. The van der Waals surface area contributed by atoms with Crippen LogP contribution in [0.3, 0.4) is 0 Å². The SMILES string of the molecule is COC(=O)[C@H]1CN(S(=O)(=O)c2ccc(C)cc2C)CCS1. The zero-order chi connectivity index (χ0) is 15.6. The van der Waals surface area contributed by atoms with Crippen molar-refractivity contribution in [2.45, 2.75) is 24.0 Å². The Morgan fingerprint density at radius 2 is 2.10 bits per heavy atom. The Morgan fingerprint density at radius 1 is 1.38 bits per heavy atom. The van der Waals surface area contributed by atoms with Crippen LogP contribution in [-0.4, -0.2) is 49.9 Å². The topological polar surface area (TPSA) is 63.7 Å². The molecule has 0 N–H and O–H groups in total. The molecule has 2 rings (SSSR count). The van der Waals surface area contributed by atoms with Crippen LogP contribution in [0.1, 0.15) is 11.1 Å². The smallest absolute Gasteiger partial charge is 0.320 e. The summed E-state index contributed by atoms with van der Waals surface area (Å²) < 4.78 is 31.6. The van der Waals surface area contributed by atoms with Gasteiger partial charge in [0.15, 0.2) is 0 Å². The van der Waals surface area contributed by atoms with Crippen LogP contribution in [0.4, 0.5) is 0 Å².